The third kappa shape index (κ3) is 6.64. The molecule has 0 rings (SSSR count). The van der Waals surface area contributed by atoms with Crippen molar-refractivity contribution in [3.05, 3.63) is 0 Å². The zero-order valence-electron chi connectivity index (χ0n) is 12.7. The number of rotatable bonds is 9. The minimum atomic E-state index is -0.569. The normalized spacial score (nSPS) is 16.4. The molecule has 0 aliphatic heterocycles. The van der Waals surface area contributed by atoms with Crippen LogP contribution >= 0.6 is 11.8 Å². The fraction of sp³-hybridized carbons (Fsp3) is 0.929. The second kappa shape index (κ2) is 8.81. The maximum atomic E-state index is 11.9. The van der Waals surface area contributed by atoms with Crippen LogP contribution in [0.25, 0.3) is 0 Å². The average molecular weight is 275 g/mol. The highest BCUT2D eigenvalue weighted by Crippen LogP contribution is 2.24. The number of likely N-dealkylation sites (N-methyl/N-ethyl adjacent to an activating group) is 1. The fourth-order valence-corrected chi connectivity index (χ4v) is 3.18. The van der Waals surface area contributed by atoms with Crippen molar-refractivity contribution in [3.8, 4) is 0 Å². The van der Waals surface area contributed by atoms with Gasteiger partial charge >= 0.3 is 5.97 Å². The molecule has 0 saturated heterocycles. The van der Waals surface area contributed by atoms with Crippen LogP contribution in [0.4, 0.5) is 0 Å². The summed E-state index contributed by atoms with van der Waals surface area (Å²) < 4.78 is 5.13. The fourth-order valence-electron chi connectivity index (χ4n) is 1.72. The van der Waals surface area contributed by atoms with E-state index in [-0.39, 0.29) is 5.97 Å². The van der Waals surface area contributed by atoms with E-state index in [0.29, 0.717) is 11.9 Å². The van der Waals surface area contributed by atoms with Crippen LogP contribution in [0.15, 0.2) is 0 Å². The Bertz CT molecular complexity index is 246. The lowest BCUT2D eigenvalue weighted by Crippen LogP contribution is -2.50. The molecule has 0 aliphatic rings. The Labute approximate surface area is 116 Å². The Kier molecular flexibility index (Phi) is 8.70. The third-order valence-electron chi connectivity index (χ3n) is 3.07. The minimum absolute atomic E-state index is 0.149. The Morgan fingerprint density at radius 2 is 2.00 bits per heavy atom. The Morgan fingerprint density at radius 1 is 1.39 bits per heavy atom. The Morgan fingerprint density at radius 3 is 2.44 bits per heavy atom. The molecule has 0 spiro atoms. The zero-order valence-corrected chi connectivity index (χ0v) is 13.5. The number of ether oxygens (including phenoxy) is 1. The van der Waals surface area contributed by atoms with E-state index >= 15 is 0 Å². The molecule has 0 aliphatic carbocycles. The van der Waals surface area contributed by atoms with Crippen molar-refractivity contribution in [2.24, 2.45) is 5.92 Å². The Balaban J connectivity index is 4.21. The number of nitrogens with one attached hydrogen (secondary N) is 1. The van der Waals surface area contributed by atoms with Gasteiger partial charge in [0.05, 0.1) is 6.61 Å². The average Bonchev–Trinajstić information content (AvgIpc) is 2.28. The van der Waals surface area contributed by atoms with E-state index < -0.39 is 5.54 Å². The number of esters is 1. The van der Waals surface area contributed by atoms with Crippen molar-refractivity contribution in [1.29, 1.82) is 0 Å². The molecule has 2 atom stereocenters. The van der Waals surface area contributed by atoms with Gasteiger partial charge < -0.3 is 10.1 Å². The second-order valence-electron chi connectivity index (χ2n) is 5.37. The van der Waals surface area contributed by atoms with E-state index in [1.807, 2.05) is 32.7 Å². The molecule has 18 heavy (non-hydrogen) atoms. The molecule has 0 bridgehead atoms. The maximum absolute atomic E-state index is 11.9. The highest BCUT2D eigenvalue weighted by atomic mass is 32.2. The van der Waals surface area contributed by atoms with Gasteiger partial charge in [-0.2, -0.15) is 11.8 Å². The van der Waals surface area contributed by atoms with Crippen LogP contribution < -0.4 is 5.32 Å². The van der Waals surface area contributed by atoms with Crippen molar-refractivity contribution in [2.75, 3.05) is 19.4 Å². The lowest BCUT2D eigenvalue weighted by atomic mass is 9.96. The van der Waals surface area contributed by atoms with Gasteiger partial charge in [0.15, 0.2) is 0 Å². The summed E-state index contributed by atoms with van der Waals surface area (Å²) >= 11 is 1.93. The van der Waals surface area contributed by atoms with Gasteiger partial charge in [-0.25, -0.2) is 0 Å². The molecule has 0 saturated carbocycles. The molecule has 108 valence electrons. The van der Waals surface area contributed by atoms with Gasteiger partial charge in [0.1, 0.15) is 5.54 Å². The summed E-state index contributed by atoms with van der Waals surface area (Å²) in [4.78, 5) is 11.9. The van der Waals surface area contributed by atoms with E-state index in [4.69, 9.17) is 4.74 Å². The second-order valence-corrected chi connectivity index (χ2v) is 6.92. The van der Waals surface area contributed by atoms with Gasteiger partial charge in [0.25, 0.3) is 0 Å². The van der Waals surface area contributed by atoms with Crippen molar-refractivity contribution in [3.63, 3.8) is 0 Å². The van der Waals surface area contributed by atoms with Crippen LogP contribution in [0, 0.1) is 5.92 Å². The monoisotopic (exact) mass is 275 g/mol. The van der Waals surface area contributed by atoms with Crippen LogP contribution in [-0.2, 0) is 9.53 Å². The summed E-state index contributed by atoms with van der Waals surface area (Å²) in [6, 6.07) is 0. The predicted molar refractivity (Wildman–Crippen MR) is 80.1 cm³/mol. The van der Waals surface area contributed by atoms with E-state index in [1.165, 1.54) is 6.42 Å². The first-order valence-corrected chi connectivity index (χ1v) is 7.88. The van der Waals surface area contributed by atoms with Crippen molar-refractivity contribution >= 4 is 17.7 Å². The highest BCUT2D eigenvalue weighted by molar-refractivity contribution is 7.99. The molecule has 0 amide bonds. The molecule has 3 nitrogen and oxygen atoms in total. The van der Waals surface area contributed by atoms with Crippen LogP contribution in [0.3, 0.4) is 0 Å². The van der Waals surface area contributed by atoms with Gasteiger partial charge in [-0.3, -0.25) is 4.79 Å². The third-order valence-corrected chi connectivity index (χ3v) is 4.28. The van der Waals surface area contributed by atoms with Crippen molar-refractivity contribution in [2.45, 2.75) is 58.2 Å². The molecule has 0 radical (unpaired) electrons. The number of hydrogen-bond acceptors (Lipinski definition) is 4. The van der Waals surface area contributed by atoms with Crippen LogP contribution in [0.1, 0.15) is 47.5 Å². The number of thioether (sulfide) groups is 1. The number of hydrogen-bond donors (Lipinski definition) is 1. The van der Waals surface area contributed by atoms with Gasteiger partial charge in [-0.1, -0.05) is 20.8 Å². The molecule has 0 heterocycles. The number of carbonyl (C=O) groups is 1. The van der Waals surface area contributed by atoms with E-state index in [1.54, 1.807) is 0 Å². The van der Waals surface area contributed by atoms with E-state index in [9.17, 15) is 4.79 Å². The maximum Gasteiger partial charge on any atom is 0.326 e. The summed E-state index contributed by atoms with van der Waals surface area (Å²) in [5.74, 6) is 1.75. The number of carbonyl (C=O) groups excluding carboxylic acids is 1. The van der Waals surface area contributed by atoms with Crippen molar-refractivity contribution < 1.29 is 9.53 Å². The van der Waals surface area contributed by atoms with Crippen LogP contribution in [0.2, 0.25) is 0 Å². The summed E-state index contributed by atoms with van der Waals surface area (Å²) in [7, 11) is 1.82. The van der Waals surface area contributed by atoms with Gasteiger partial charge in [0, 0.05) is 5.25 Å². The van der Waals surface area contributed by atoms with Gasteiger partial charge in [-0.05, 0) is 45.4 Å². The molecule has 0 aromatic heterocycles. The Hall–Kier alpha value is -0.220. The molecular formula is C14H29NO2S. The van der Waals surface area contributed by atoms with Gasteiger partial charge in [0.2, 0.25) is 0 Å². The lowest BCUT2D eigenvalue weighted by molar-refractivity contribution is -0.150. The molecule has 0 fully saturated rings. The van der Waals surface area contributed by atoms with E-state index in [2.05, 4.69) is 26.1 Å². The first kappa shape index (κ1) is 17.8. The standard InChI is InChI=1S/C14H29NO2S/c1-7-17-13(16)14(5,15-6)10-12(4)18-9-8-11(2)3/h11-12,15H,7-10H2,1-6H3. The highest BCUT2D eigenvalue weighted by Gasteiger charge is 2.34. The molecule has 0 aromatic rings. The van der Waals surface area contributed by atoms with Crippen LogP contribution in [0.5, 0.6) is 0 Å². The molecule has 2 unspecified atom stereocenters. The van der Waals surface area contributed by atoms with E-state index in [0.717, 1.165) is 18.1 Å². The summed E-state index contributed by atoms with van der Waals surface area (Å²) in [6.45, 7) is 10.9. The SMILES string of the molecule is CCOC(=O)C(C)(CC(C)SCCC(C)C)NC. The summed E-state index contributed by atoms with van der Waals surface area (Å²) in [6.07, 6.45) is 2.02. The quantitative estimate of drug-likeness (QED) is 0.656. The lowest BCUT2D eigenvalue weighted by Gasteiger charge is -2.29. The predicted octanol–water partition coefficient (Wildman–Crippen LogP) is 3.09. The topological polar surface area (TPSA) is 38.3 Å². The molecule has 4 heteroatoms. The van der Waals surface area contributed by atoms with Crippen molar-refractivity contribution in [1.82, 2.24) is 5.32 Å². The smallest absolute Gasteiger partial charge is 0.326 e. The molecule has 1 N–H and O–H groups in total. The minimum Gasteiger partial charge on any atom is -0.465 e. The van der Waals surface area contributed by atoms with Crippen LogP contribution in [-0.4, -0.2) is 36.2 Å². The molecule has 0 aromatic carbocycles. The largest absolute Gasteiger partial charge is 0.465 e. The zero-order chi connectivity index (χ0) is 14.2. The van der Waals surface area contributed by atoms with Gasteiger partial charge in [-0.15, -0.1) is 0 Å². The summed E-state index contributed by atoms with van der Waals surface area (Å²) in [5, 5.41) is 3.55. The first-order valence-electron chi connectivity index (χ1n) is 6.83. The molecular weight excluding hydrogens is 246 g/mol. The first-order chi connectivity index (χ1) is 8.35. The summed E-state index contributed by atoms with van der Waals surface area (Å²) in [5.41, 5.74) is -0.569.